The van der Waals surface area contributed by atoms with Crippen molar-refractivity contribution in [3.8, 4) is 0 Å². The third-order valence-corrected chi connectivity index (χ3v) is 6.18. The number of hydrogen-bond acceptors (Lipinski definition) is 6. The fourth-order valence-electron chi connectivity index (χ4n) is 4.72. The topological polar surface area (TPSA) is 55.4 Å². The summed E-state index contributed by atoms with van der Waals surface area (Å²) in [6.07, 6.45) is 11.9. The molecule has 0 radical (unpaired) electrons. The summed E-state index contributed by atoms with van der Waals surface area (Å²) in [5, 5.41) is 0. The Bertz CT molecular complexity index is 508. The second-order valence-corrected chi connectivity index (χ2v) is 9.96. The molecule has 3 fully saturated rings. The molecule has 0 N–H and O–H groups in total. The predicted molar refractivity (Wildman–Crippen MR) is 115 cm³/mol. The highest BCUT2D eigenvalue weighted by Gasteiger charge is 2.60. The van der Waals surface area contributed by atoms with Gasteiger partial charge in [-0.15, -0.1) is 0 Å². The average Bonchev–Trinajstić information content (AvgIpc) is 3.16. The van der Waals surface area contributed by atoms with E-state index >= 15 is 0 Å². The van der Waals surface area contributed by atoms with Gasteiger partial charge in [-0.2, -0.15) is 0 Å². The van der Waals surface area contributed by atoms with Gasteiger partial charge in [0.15, 0.2) is 17.9 Å². The summed E-state index contributed by atoms with van der Waals surface area (Å²) in [5.74, 6) is -1.33. The van der Waals surface area contributed by atoms with Crippen molar-refractivity contribution in [2.75, 3.05) is 13.2 Å². The van der Waals surface area contributed by atoms with Gasteiger partial charge in [0.25, 0.3) is 0 Å². The molecule has 0 amide bonds. The molecule has 0 aliphatic carbocycles. The summed E-state index contributed by atoms with van der Waals surface area (Å²) in [7, 11) is 0. The van der Waals surface area contributed by atoms with Gasteiger partial charge >= 0.3 is 0 Å². The van der Waals surface area contributed by atoms with E-state index in [0.29, 0.717) is 6.61 Å². The number of unbranched alkanes of at least 4 members (excludes halogenated alkanes) is 9. The van der Waals surface area contributed by atoms with Crippen LogP contribution < -0.4 is 0 Å². The smallest absolute Gasteiger partial charge is 0.190 e. The Kier molecular flexibility index (Phi) is 9.00. The highest BCUT2D eigenvalue weighted by atomic mass is 16.9. The van der Waals surface area contributed by atoms with Crippen LogP contribution in [-0.4, -0.2) is 55.5 Å². The number of rotatable bonds is 13. The lowest BCUT2D eigenvalue weighted by Gasteiger charge is -2.37. The number of hydrogen-bond donors (Lipinski definition) is 0. The summed E-state index contributed by atoms with van der Waals surface area (Å²) < 4.78 is 36.4. The number of ether oxygens (including phenoxy) is 6. The van der Waals surface area contributed by atoms with Crippen LogP contribution in [0.2, 0.25) is 0 Å². The minimum Gasteiger partial charge on any atom is -0.379 e. The molecular formula is C24H44O6. The largest absolute Gasteiger partial charge is 0.379 e. The van der Waals surface area contributed by atoms with Gasteiger partial charge in [-0.3, -0.25) is 0 Å². The summed E-state index contributed by atoms with van der Waals surface area (Å²) in [6.45, 7) is 11.2. The van der Waals surface area contributed by atoms with Gasteiger partial charge in [-0.25, -0.2) is 0 Å². The molecule has 176 valence electrons. The molecule has 3 heterocycles. The summed E-state index contributed by atoms with van der Waals surface area (Å²) in [6, 6.07) is 0. The van der Waals surface area contributed by atoms with Gasteiger partial charge in [-0.05, 0) is 34.1 Å². The first kappa shape index (κ1) is 24.4. The van der Waals surface area contributed by atoms with Gasteiger partial charge in [0.2, 0.25) is 0 Å². The van der Waals surface area contributed by atoms with Gasteiger partial charge in [0.1, 0.15) is 24.4 Å². The molecular weight excluding hydrogens is 384 g/mol. The van der Waals surface area contributed by atoms with Crippen molar-refractivity contribution in [2.45, 2.75) is 141 Å². The highest BCUT2D eigenvalue weighted by molar-refractivity contribution is 5.00. The molecule has 0 unspecified atom stereocenters. The number of fused-ring (bicyclic) bond motifs is 3. The zero-order valence-corrected chi connectivity index (χ0v) is 19.8. The van der Waals surface area contributed by atoms with Crippen LogP contribution in [0.1, 0.15) is 98.8 Å². The molecule has 6 heteroatoms. The molecule has 3 aliphatic rings. The van der Waals surface area contributed by atoms with Gasteiger partial charge < -0.3 is 28.4 Å². The normalized spacial score (nSPS) is 34.1. The second-order valence-electron chi connectivity index (χ2n) is 9.96. The van der Waals surface area contributed by atoms with Crippen LogP contribution in [0.3, 0.4) is 0 Å². The van der Waals surface area contributed by atoms with Gasteiger partial charge in [0.05, 0.1) is 6.61 Å². The Balaban J connectivity index is 1.31. The lowest BCUT2D eigenvalue weighted by Crippen LogP contribution is -2.56. The molecule has 0 aromatic carbocycles. The van der Waals surface area contributed by atoms with Crippen molar-refractivity contribution in [1.29, 1.82) is 0 Å². The Hall–Kier alpha value is -0.240. The van der Waals surface area contributed by atoms with Crippen LogP contribution >= 0.6 is 0 Å². The zero-order valence-electron chi connectivity index (χ0n) is 19.8. The molecule has 3 rings (SSSR count). The Morgan fingerprint density at radius 1 is 0.633 bits per heavy atom. The summed E-state index contributed by atoms with van der Waals surface area (Å²) in [5.41, 5.74) is 0. The van der Waals surface area contributed by atoms with Crippen LogP contribution in [0.4, 0.5) is 0 Å². The van der Waals surface area contributed by atoms with Crippen molar-refractivity contribution >= 4 is 0 Å². The SMILES string of the molecule is CCCCCCCCCCCCOC[C@H]1O[C@@H]2OC(C)(C)O[C@@H]2[C@H]2OC(C)(C)O[C@H]21. The quantitative estimate of drug-likeness (QED) is 0.370. The lowest BCUT2D eigenvalue weighted by atomic mass is 9.99. The molecule has 6 nitrogen and oxygen atoms in total. The molecule has 0 aromatic heterocycles. The summed E-state index contributed by atoms with van der Waals surface area (Å²) >= 11 is 0. The van der Waals surface area contributed by atoms with Crippen molar-refractivity contribution in [3.63, 3.8) is 0 Å². The molecule has 0 saturated carbocycles. The van der Waals surface area contributed by atoms with E-state index in [1.54, 1.807) is 0 Å². The van der Waals surface area contributed by atoms with Crippen LogP contribution in [0, 0.1) is 0 Å². The van der Waals surface area contributed by atoms with Crippen LogP contribution in [-0.2, 0) is 28.4 Å². The Morgan fingerprint density at radius 3 is 1.83 bits per heavy atom. The standard InChI is InChI=1S/C24H44O6/c1-6-7-8-9-10-11-12-13-14-15-16-25-17-18-19-20(28-23(2,3)27-19)21-22(26-18)30-24(4,5)29-21/h18-22H,6-17H2,1-5H3/t18-,19+,20+,21-,22-/m1/s1. The zero-order chi connectivity index (χ0) is 21.6. The molecule has 30 heavy (non-hydrogen) atoms. The van der Waals surface area contributed by atoms with E-state index in [-0.39, 0.29) is 24.4 Å². The lowest BCUT2D eigenvalue weighted by molar-refractivity contribution is -0.243. The maximum atomic E-state index is 6.18. The molecule has 0 bridgehead atoms. The molecule has 3 aliphatic heterocycles. The third-order valence-electron chi connectivity index (χ3n) is 6.18. The monoisotopic (exact) mass is 428 g/mol. The first-order valence-corrected chi connectivity index (χ1v) is 12.3. The van der Waals surface area contributed by atoms with E-state index in [9.17, 15) is 0 Å². The molecule has 5 atom stereocenters. The van der Waals surface area contributed by atoms with E-state index in [4.69, 9.17) is 28.4 Å². The highest BCUT2D eigenvalue weighted by Crippen LogP contribution is 2.44. The predicted octanol–water partition coefficient (Wildman–Crippen LogP) is 5.32. The van der Waals surface area contributed by atoms with Crippen LogP contribution in [0.25, 0.3) is 0 Å². The van der Waals surface area contributed by atoms with E-state index in [2.05, 4.69) is 6.92 Å². The van der Waals surface area contributed by atoms with Gasteiger partial charge in [-0.1, -0.05) is 64.7 Å². The van der Waals surface area contributed by atoms with E-state index in [0.717, 1.165) is 13.0 Å². The first-order chi connectivity index (χ1) is 14.3. The molecule has 0 spiro atoms. The van der Waals surface area contributed by atoms with Crippen LogP contribution in [0.15, 0.2) is 0 Å². The van der Waals surface area contributed by atoms with Crippen molar-refractivity contribution in [1.82, 2.24) is 0 Å². The summed E-state index contributed by atoms with van der Waals surface area (Å²) in [4.78, 5) is 0. The minimum atomic E-state index is -0.679. The molecule has 3 saturated heterocycles. The average molecular weight is 429 g/mol. The van der Waals surface area contributed by atoms with Crippen molar-refractivity contribution < 1.29 is 28.4 Å². The Labute approximate surface area is 183 Å². The fraction of sp³-hybridized carbons (Fsp3) is 1.00. The van der Waals surface area contributed by atoms with E-state index < -0.39 is 17.9 Å². The van der Waals surface area contributed by atoms with Gasteiger partial charge in [0, 0.05) is 6.61 Å². The maximum Gasteiger partial charge on any atom is 0.190 e. The second kappa shape index (κ2) is 11.1. The fourth-order valence-corrected chi connectivity index (χ4v) is 4.72. The molecule has 0 aromatic rings. The minimum absolute atomic E-state index is 0.202. The third kappa shape index (κ3) is 6.88. The van der Waals surface area contributed by atoms with Crippen molar-refractivity contribution in [2.24, 2.45) is 0 Å². The van der Waals surface area contributed by atoms with E-state index in [1.165, 1.54) is 57.8 Å². The van der Waals surface area contributed by atoms with Crippen LogP contribution in [0.5, 0.6) is 0 Å². The van der Waals surface area contributed by atoms with E-state index in [1.807, 2.05) is 27.7 Å². The first-order valence-electron chi connectivity index (χ1n) is 12.3. The maximum absolute atomic E-state index is 6.18. The Morgan fingerprint density at radius 2 is 1.17 bits per heavy atom. The van der Waals surface area contributed by atoms with Crippen molar-refractivity contribution in [3.05, 3.63) is 0 Å².